The maximum Gasteiger partial charge on any atom is 0.221 e. The van der Waals surface area contributed by atoms with Crippen molar-refractivity contribution in [3.05, 3.63) is 60.8 Å². The van der Waals surface area contributed by atoms with Gasteiger partial charge in [-0.25, -0.2) is 22.4 Å². The summed E-state index contributed by atoms with van der Waals surface area (Å²) >= 11 is 0. The zero-order valence-electron chi connectivity index (χ0n) is 14.3. The minimum Gasteiger partial charge on any atom is -0.291 e. The fraction of sp³-hybridized carbons (Fsp3) is 0.176. The lowest BCUT2D eigenvalue weighted by Crippen LogP contribution is -2.29. The molecule has 0 unspecified atom stereocenters. The van der Waals surface area contributed by atoms with Crippen LogP contribution in [0.25, 0.3) is 16.9 Å². The molecule has 3 aromatic rings. The van der Waals surface area contributed by atoms with Gasteiger partial charge in [-0.05, 0) is 24.3 Å². The lowest BCUT2D eigenvalue weighted by atomic mass is 10.2. The van der Waals surface area contributed by atoms with Gasteiger partial charge in [0.05, 0.1) is 23.8 Å². The van der Waals surface area contributed by atoms with Crippen molar-refractivity contribution in [3.63, 3.8) is 0 Å². The Kier molecular flexibility index (Phi) is 4.92. The molecule has 0 radical (unpaired) electrons. The second kappa shape index (κ2) is 7.14. The average molecular weight is 371 g/mol. The molecule has 0 aliphatic rings. The monoisotopic (exact) mass is 371 g/mol. The SMILES string of the molecule is CN(C)S(=O)(=O)CC(=O)c1cccc(-c2cnn(-c3cccnc3)c2)n1. The molecule has 3 aromatic heterocycles. The zero-order valence-corrected chi connectivity index (χ0v) is 15.1. The van der Waals surface area contributed by atoms with Gasteiger partial charge in [0.25, 0.3) is 0 Å². The number of carbonyl (C=O) groups excluding carboxylic acids is 1. The number of pyridine rings is 2. The summed E-state index contributed by atoms with van der Waals surface area (Å²) in [7, 11) is -0.858. The second-order valence-corrected chi connectivity index (χ2v) is 7.94. The van der Waals surface area contributed by atoms with Gasteiger partial charge in [0.2, 0.25) is 10.0 Å². The van der Waals surface area contributed by atoms with E-state index in [1.54, 1.807) is 47.7 Å². The Bertz CT molecular complexity index is 1030. The van der Waals surface area contributed by atoms with Gasteiger partial charge in [0.15, 0.2) is 5.78 Å². The van der Waals surface area contributed by atoms with Gasteiger partial charge < -0.3 is 0 Å². The first-order valence-corrected chi connectivity index (χ1v) is 9.33. The Morgan fingerprint density at radius 1 is 1.15 bits per heavy atom. The summed E-state index contributed by atoms with van der Waals surface area (Å²) in [6.07, 6.45) is 6.74. The van der Waals surface area contributed by atoms with E-state index in [-0.39, 0.29) is 5.69 Å². The standard InChI is InChI=1S/C17H17N5O3S/c1-21(2)26(24,25)12-17(23)16-7-3-6-15(20-16)13-9-19-22(11-13)14-5-4-8-18-10-14/h3-11H,12H2,1-2H3. The summed E-state index contributed by atoms with van der Waals surface area (Å²) in [4.78, 5) is 20.6. The molecule has 0 spiro atoms. The van der Waals surface area contributed by atoms with E-state index >= 15 is 0 Å². The molecule has 8 nitrogen and oxygen atoms in total. The highest BCUT2D eigenvalue weighted by Crippen LogP contribution is 2.18. The molecule has 0 aliphatic heterocycles. The number of hydrogen-bond acceptors (Lipinski definition) is 6. The van der Waals surface area contributed by atoms with Crippen molar-refractivity contribution >= 4 is 15.8 Å². The van der Waals surface area contributed by atoms with E-state index in [9.17, 15) is 13.2 Å². The maximum absolute atomic E-state index is 12.3. The lowest BCUT2D eigenvalue weighted by molar-refractivity contribution is 0.101. The molecule has 0 fully saturated rings. The lowest BCUT2D eigenvalue weighted by Gasteiger charge is -2.10. The Morgan fingerprint density at radius 3 is 2.65 bits per heavy atom. The van der Waals surface area contributed by atoms with Gasteiger partial charge in [-0.2, -0.15) is 5.10 Å². The molecule has 3 heterocycles. The van der Waals surface area contributed by atoms with Crippen molar-refractivity contribution in [2.24, 2.45) is 0 Å². The van der Waals surface area contributed by atoms with E-state index in [2.05, 4.69) is 15.1 Å². The van der Waals surface area contributed by atoms with Crippen LogP contribution in [-0.2, 0) is 10.0 Å². The van der Waals surface area contributed by atoms with Crippen LogP contribution in [0.2, 0.25) is 0 Å². The molecular formula is C17H17N5O3S. The molecule has 0 saturated heterocycles. The topological polar surface area (TPSA) is 98.1 Å². The van der Waals surface area contributed by atoms with Crippen molar-refractivity contribution in [1.82, 2.24) is 24.1 Å². The molecule has 0 bridgehead atoms. The molecule has 134 valence electrons. The third kappa shape index (κ3) is 3.84. The van der Waals surface area contributed by atoms with Crippen LogP contribution in [0.15, 0.2) is 55.1 Å². The highest BCUT2D eigenvalue weighted by molar-refractivity contribution is 7.89. The van der Waals surface area contributed by atoms with E-state index in [1.165, 1.54) is 20.2 Å². The molecule has 9 heteroatoms. The highest BCUT2D eigenvalue weighted by atomic mass is 32.2. The van der Waals surface area contributed by atoms with Gasteiger partial charge in [-0.15, -0.1) is 0 Å². The summed E-state index contributed by atoms with van der Waals surface area (Å²) in [5.41, 5.74) is 2.14. The van der Waals surface area contributed by atoms with Crippen LogP contribution >= 0.6 is 0 Å². The maximum atomic E-state index is 12.3. The second-order valence-electron chi connectivity index (χ2n) is 5.75. The molecule has 0 amide bonds. The highest BCUT2D eigenvalue weighted by Gasteiger charge is 2.21. The number of rotatable bonds is 6. The first-order chi connectivity index (χ1) is 12.4. The first-order valence-electron chi connectivity index (χ1n) is 7.73. The van der Waals surface area contributed by atoms with Crippen LogP contribution in [0.4, 0.5) is 0 Å². The number of aromatic nitrogens is 4. The predicted molar refractivity (Wildman–Crippen MR) is 96.4 cm³/mol. The van der Waals surface area contributed by atoms with E-state index in [4.69, 9.17) is 0 Å². The summed E-state index contributed by atoms with van der Waals surface area (Å²) in [5.74, 6) is -1.18. The van der Waals surface area contributed by atoms with Crippen LogP contribution in [0.1, 0.15) is 10.5 Å². The largest absolute Gasteiger partial charge is 0.291 e. The normalized spacial score (nSPS) is 11.7. The van der Waals surface area contributed by atoms with Gasteiger partial charge in [-0.3, -0.25) is 9.78 Å². The molecule has 0 N–H and O–H groups in total. The third-order valence-corrected chi connectivity index (χ3v) is 5.43. The van der Waals surface area contributed by atoms with Crippen LogP contribution in [-0.4, -0.2) is 58.1 Å². The smallest absolute Gasteiger partial charge is 0.221 e. The summed E-state index contributed by atoms with van der Waals surface area (Å²) in [5, 5.41) is 4.27. The van der Waals surface area contributed by atoms with E-state index in [1.807, 2.05) is 6.07 Å². The molecular weight excluding hydrogens is 354 g/mol. The summed E-state index contributed by atoms with van der Waals surface area (Å²) in [6.45, 7) is 0. The number of sulfonamides is 1. The van der Waals surface area contributed by atoms with Crippen molar-refractivity contribution in [2.45, 2.75) is 0 Å². The minimum absolute atomic E-state index is 0.0991. The molecule has 26 heavy (non-hydrogen) atoms. The fourth-order valence-electron chi connectivity index (χ4n) is 2.21. The number of ketones is 1. The number of nitrogens with zero attached hydrogens (tertiary/aromatic N) is 5. The zero-order chi connectivity index (χ0) is 18.7. The average Bonchev–Trinajstić information content (AvgIpc) is 3.12. The summed E-state index contributed by atoms with van der Waals surface area (Å²) in [6, 6.07) is 8.58. The summed E-state index contributed by atoms with van der Waals surface area (Å²) < 4.78 is 26.4. The van der Waals surface area contributed by atoms with Crippen molar-refractivity contribution in [2.75, 3.05) is 19.8 Å². The van der Waals surface area contributed by atoms with Gasteiger partial charge in [0.1, 0.15) is 11.4 Å². The van der Waals surface area contributed by atoms with E-state index in [0.717, 1.165) is 9.99 Å². The van der Waals surface area contributed by atoms with Crippen molar-refractivity contribution in [1.29, 1.82) is 0 Å². The van der Waals surface area contributed by atoms with E-state index < -0.39 is 21.6 Å². The van der Waals surface area contributed by atoms with Crippen LogP contribution in [0.5, 0.6) is 0 Å². The van der Waals surface area contributed by atoms with Crippen LogP contribution in [0.3, 0.4) is 0 Å². The Morgan fingerprint density at radius 2 is 1.96 bits per heavy atom. The predicted octanol–water partition coefficient (Wildman–Crippen LogP) is 1.40. The van der Waals surface area contributed by atoms with Gasteiger partial charge in [0, 0.05) is 32.1 Å². The Labute approximate surface area is 151 Å². The van der Waals surface area contributed by atoms with Crippen LogP contribution in [0, 0.1) is 0 Å². The number of carbonyl (C=O) groups is 1. The van der Waals surface area contributed by atoms with Gasteiger partial charge >= 0.3 is 0 Å². The number of hydrogen-bond donors (Lipinski definition) is 0. The third-order valence-electron chi connectivity index (χ3n) is 3.69. The first kappa shape index (κ1) is 17.9. The van der Waals surface area contributed by atoms with Crippen molar-refractivity contribution < 1.29 is 13.2 Å². The molecule has 3 rings (SSSR count). The quantitative estimate of drug-likeness (QED) is 0.608. The van der Waals surface area contributed by atoms with Crippen molar-refractivity contribution in [3.8, 4) is 16.9 Å². The molecule has 0 saturated carbocycles. The van der Waals surface area contributed by atoms with Crippen LogP contribution < -0.4 is 0 Å². The fourth-order valence-corrected chi connectivity index (χ4v) is 2.94. The molecule has 0 aliphatic carbocycles. The number of Topliss-reactive ketones (excluding diaryl/α,β-unsaturated/α-hetero) is 1. The molecule has 0 aromatic carbocycles. The Balaban J connectivity index is 1.86. The van der Waals surface area contributed by atoms with Gasteiger partial charge in [-0.1, -0.05) is 6.07 Å². The Hall–Kier alpha value is -2.91. The molecule has 0 atom stereocenters. The minimum atomic E-state index is -3.63. The van der Waals surface area contributed by atoms with E-state index in [0.29, 0.717) is 11.3 Å².